The third-order valence-electron chi connectivity index (χ3n) is 2.41. The predicted molar refractivity (Wildman–Crippen MR) is 65.2 cm³/mol. The molecule has 0 saturated carbocycles. The van der Waals surface area contributed by atoms with Crippen molar-refractivity contribution in [1.29, 1.82) is 0 Å². The minimum absolute atomic E-state index is 0. The smallest absolute Gasteiger partial charge is 0.545 e. The van der Waals surface area contributed by atoms with Crippen molar-refractivity contribution in [3.05, 3.63) is 65.7 Å². The molecule has 2 rings (SSSR count). The minimum Gasteiger partial charge on any atom is -0.545 e. The molecule has 1 N–H and O–H groups in total. The van der Waals surface area contributed by atoms with Gasteiger partial charge in [-0.3, -0.25) is 4.79 Å². The second-order valence-corrected chi connectivity index (χ2v) is 3.68. The van der Waals surface area contributed by atoms with Crippen LogP contribution >= 0.6 is 0 Å². The van der Waals surface area contributed by atoms with Crippen LogP contribution < -0.4 is 40.0 Å². The van der Waals surface area contributed by atoms with Crippen LogP contribution in [0, 0.1) is 0 Å². The number of carbonyl (C=O) groups excluding carboxylic acids is 2. The van der Waals surface area contributed by atoms with Crippen molar-refractivity contribution in [3.8, 4) is 0 Å². The van der Waals surface area contributed by atoms with E-state index in [0.29, 0.717) is 11.3 Å². The molecule has 90 valence electrons. The molecule has 0 radical (unpaired) electrons. The Morgan fingerprint density at radius 1 is 0.842 bits per heavy atom. The molecule has 0 unspecified atom stereocenters. The maximum atomic E-state index is 11.8. The van der Waals surface area contributed by atoms with E-state index in [1.165, 1.54) is 24.3 Å². The molecule has 5 heteroatoms. The van der Waals surface area contributed by atoms with Gasteiger partial charge in [-0.2, -0.15) is 0 Å². The number of carbonyl (C=O) groups is 2. The molecule has 2 aromatic carbocycles. The van der Waals surface area contributed by atoms with Crippen molar-refractivity contribution in [1.82, 2.24) is 0 Å². The molecule has 0 heterocycles. The van der Waals surface area contributed by atoms with Gasteiger partial charge in [-0.15, -0.1) is 0 Å². The monoisotopic (exact) mass is 263 g/mol. The first-order valence-electron chi connectivity index (χ1n) is 5.34. The average Bonchev–Trinajstić information content (AvgIpc) is 2.40. The van der Waals surface area contributed by atoms with Gasteiger partial charge in [-0.05, 0) is 29.8 Å². The topological polar surface area (TPSA) is 69.2 Å². The van der Waals surface area contributed by atoms with Crippen LogP contribution in [-0.4, -0.2) is 11.9 Å². The summed E-state index contributed by atoms with van der Waals surface area (Å²) in [7, 11) is 0. The normalized spacial score (nSPS) is 9.26. The second kappa shape index (κ2) is 7.09. The molecule has 0 aromatic heterocycles. The summed E-state index contributed by atoms with van der Waals surface area (Å²) < 4.78 is 0. The Balaban J connectivity index is 0.00000180. The molecule has 0 aliphatic carbocycles. The van der Waals surface area contributed by atoms with E-state index in [2.05, 4.69) is 5.32 Å². The van der Waals surface area contributed by atoms with E-state index in [-0.39, 0.29) is 41.0 Å². The molecular formula is C14H10NNaO3. The molecule has 0 saturated heterocycles. The quantitative estimate of drug-likeness (QED) is 0.672. The molecule has 1 amide bonds. The SMILES string of the molecule is O=C([O-])c1ccc(NC(=O)c2ccccc2)cc1.[Na+]. The fraction of sp³-hybridized carbons (Fsp3) is 0. The van der Waals surface area contributed by atoms with Crippen LogP contribution in [0.15, 0.2) is 54.6 Å². The van der Waals surface area contributed by atoms with E-state index < -0.39 is 5.97 Å². The molecular weight excluding hydrogens is 253 g/mol. The summed E-state index contributed by atoms with van der Waals surface area (Å²) in [6, 6.07) is 14.6. The summed E-state index contributed by atoms with van der Waals surface area (Å²) in [5, 5.41) is 13.2. The first-order chi connectivity index (χ1) is 8.66. The summed E-state index contributed by atoms with van der Waals surface area (Å²) in [6.07, 6.45) is 0. The Morgan fingerprint density at radius 3 is 1.95 bits per heavy atom. The molecule has 19 heavy (non-hydrogen) atoms. The summed E-state index contributed by atoms with van der Waals surface area (Å²) in [4.78, 5) is 22.4. The van der Waals surface area contributed by atoms with Crippen LogP contribution in [-0.2, 0) is 0 Å². The summed E-state index contributed by atoms with van der Waals surface area (Å²) >= 11 is 0. The molecule has 0 atom stereocenters. The minimum atomic E-state index is -1.24. The Bertz CT molecular complexity index is 567. The Hall–Kier alpha value is -1.62. The van der Waals surface area contributed by atoms with Crippen molar-refractivity contribution in [2.75, 3.05) is 5.32 Å². The largest absolute Gasteiger partial charge is 1.00 e. The zero-order chi connectivity index (χ0) is 13.0. The van der Waals surface area contributed by atoms with E-state index >= 15 is 0 Å². The molecule has 0 aliphatic rings. The van der Waals surface area contributed by atoms with Gasteiger partial charge in [-0.25, -0.2) is 0 Å². The van der Waals surface area contributed by atoms with Gasteiger partial charge >= 0.3 is 29.6 Å². The van der Waals surface area contributed by atoms with Gasteiger partial charge in [0.15, 0.2) is 0 Å². The number of nitrogens with one attached hydrogen (secondary N) is 1. The Morgan fingerprint density at radius 2 is 1.42 bits per heavy atom. The number of rotatable bonds is 3. The van der Waals surface area contributed by atoms with Crippen LogP contribution in [0.1, 0.15) is 20.7 Å². The van der Waals surface area contributed by atoms with E-state index in [1.807, 2.05) is 6.07 Å². The number of benzene rings is 2. The van der Waals surface area contributed by atoms with Gasteiger partial charge < -0.3 is 15.2 Å². The van der Waals surface area contributed by atoms with Crippen molar-refractivity contribution in [2.24, 2.45) is 0 Å². The van der Waals surface area contributed by atoms with Crippen LogP contribution in [0.2, 0.25) is 0 Å². The summed E-state index contributed by atoms with van der Waals surface area (Å²) in [6.45, 7) is 0. The summed E-state index contributed by atoms with van der Waals surface area (Å²) in [5.41, 5.74) is 1.16. The number of carboxylic acids is 1. The number of anilines is 1. The first kappa shape index (κ1) is 15.4. The summed E-state index contributed by atoms with van der Waals surface area (Å²) in [5.74, 6) is -1.48. The van der Waals surface area contributed by atoms with Crippen molar-refractivity contribution >= 4 is 17.6 Å². The number of amides is 1. The van der Waals surface area contributed by atoms with Gasteiger partial charge in [-0.1, -0.05) is 30.3 Å². The predicted octanol–water partition coefficient (Wildman–Crippen LogP) is -1.69. The van der Waals surface area contributed by atoms with Crippen LogP contribution in [0.25, 0.3) is 0 Å². The Labute approximate surface area is 132 Å². The van der Waals surface area contributed by atoms with Crippen molar-refractivity contribution in [3.63, 3.8) is 0 Å². The fourth-order valence-electron chi connectivity index (χ4n) is 1.48. The number of carboxylic acid groups (broad SMARTS) is 1. The van der Waals surface area contributed by atoms with E-state index in [4.69, 9.17) is 0 Å². The van der Waals surface area contributed by atoms with Gasteiger partial charge in [0.25, 0.3) is 5.91 Å². The number of hydrogen-bond donors (Lipinski definition) is 1. The zero-order valence-electron chi connectivity index (χ0n) is 10.4. The van der Waals surface area contributed by atoms with Crippen molar-refractivity contribution < 1.29 is 44.3 Å². The van der Waals surface area contributed by atoms with Crippen LogP contribution in [0.3, 0.4) is 0 Å². The maximum Gasteiger partial charge on any atom is 1.00 e. The average molecular weight is 263 g/mol. The Kier molecular flexibility index (Phi) is 5.76. The van der Waals surface area contributed by atoms with Crippen LogP contribution in [0.5, 0.6) is 0 Å². The third-order valence-corrected chi connectivity index (χ3v) is 2.41. The zero-order valence-corrected chi connectivity index (χ0v) is 12.4. The van der Waals surface area contributed by atoms with Gasteiger partial charge in [0.05, 0.1) is 5.97 Å². The molecule has 0 aliphatic heterocycles. The molecule has 0 spiro atoms. The standard InChI is InChI=1S/C14H11NO3.Na/c16-13(10-4-2-1-3-5-10)15-12-8-6-11(7-9-12)14(17)18;/h1-9H,(H,15,16)(H,17,18);/q;+1/p-1. The number of aromatic carboxylic acids is 1. The van der Waals surface area contributed by atoms with Crippen molar-refractivity contribution in [2.45, 2.75) is 0 Å². The molecule has 0 fully saturated rings. The van der Waals surface area contributed by atoms with Gasteiger partial charge in [0.1, 0.15) is 0 Å². The molecule has 4 nitrogen and oxygen atoms in total. The fourth-order valence-corrected chi connectivity index (χ4v) is 1.48. The van der Waals surface area contributed by atoms with Crippen LogP contribution in [0.4, 0.5) is 5.69 Å². The first-order valence-corrected chi connectivity index (χ1v) is 5.34. The van der Waals surface area contributed by atoms with E-state index in [0.717, 1.165) is 0 Å². The van der Waals surface area contributed by atoms with Gasteiger partial charge in [0.2, 0.25) is 0 Å². The van der Waals surface area contributed by atoms with Gasteiger partial charge in [0, 0.05) is 11.3 Å². The third kappa shape index (κ3) is 4.21. The van der Waals surface area contributed by atoms with E-state index in [1.54, 1.807) is 24.3 Å². The molecule has 0 bridgehead atoms. The maximum absolute atomic E-state index is 11.8. The number of hydrogen-bond acceptors (Lipinski definition) is 3. The molecule has 2 aromatic rings. The van der Waals surface area contributed by atoms with E-state index in [9.17, 15) is 14.7 Å². The second-order valence-electron chi connectivity index (χ2n) is 3.68.